The number of benzene rings is 1. The number of hydrogen-bond donors (Lipinski definition) is 2. The lowest BCUT2D eigenvalue weighted by Crippen LogP contribution is -2.43. The molecule has 1 aromatic heterocycles. The van der Waals surface area contributed by atoms with E-state index in [2.05, 4.69) is 9.98 Å². The van der Waals surface area contributed by atoms with Crippen LogP contribution in [0, 0.1) is 0 Å². The first-order valence-corrected chi connectivity index (χ1v) is 9.49. The highest BCUT2D eigenvalue weighted by Crippen LogP contribution is 2.44. The summed E-state index contributed by atoms with van der Waals surface area (Å²) in [6.07, 6.45) is -3.18. The average molecular weight is 404 g/mol. The Bertz CT molecular complexity index is 971. The molecular formula is C20H23F3N6. The number of alkyl halides is 3. The van der Waals surface area contributed by atoms with Gasteiger partial charge >= 0.3 is 6.18 Å². The van der Waals surface area contributed by atoms with E-state index >= 15 is 0 Å². The molecule has 2 aliphatic heterocycles. The van der Waals surface area contributed by atoms with Crippen LogP contribution in [0.1, 0.15) is 37.1 Å². The van der Waals surface area contributed by atoms with E-state index in [0.717, 1.165) is 18.9 Å². The Labute approximate surface area is 167 Å². The summed E-state index contributed by atoms with van der Waals surface area (Å²) in [5.74, 6) is 0.426. The van der Waals surface area contributed by atoms with Crippen LogP contribution in [0.25, 0.3) is 11.3 Å². The molecule has 154 valence electrons. The molecule has 0 aliphatic carbocycles. The van der Waals surface area contributed by atoms with Crippen LogP contribution in [0.5, 0.6) is 0 Å². The highest BCUT2D eigenvalue weighted by molar-refractivity contribution is 5.85. The minimum atomic E-state index is -4.51. The van der Waals surface area contributed by atoms with Gasteiger partial charge in [0.15, 0.2) is 11.8 Å². The number of rotatable bonds is 2. The monoisotopic (exact) mass is 404 g/mol. The first kappa shape index (κ1) is 19.5. The van der Waals surface area contributed by atoms with Crippen molar-refractivity contribution in [1.82, 2.24) is 9.88 Å². The van der Waals surface area contributed by atoms with Crippen molar-refractivity contribution >= 4 is 17.5 Å². The first-order chi connectivity index (χ1) is 13.7. The van der Waals surface area contributed by atoms with E-state index in [4.69, 9.17) is 11.5 Å². The number of guanidine groups is 1. The average Bonchev–Trinajstić information content (AvgIpc) is 3.10. The Morgan fingerprint density at radius 1 is 1.17 bits per heavy atom. The number of nitrogens with zero attached hydrogens (tertiary/aromatic N) is 4. The summed E-state index contributed by atoms with van der Waals surface area (Å²) in [5, 5.41) is 0. The van der Waals surface area contributed by atoms with Gasteiger partial charge in [-0.05, 0) is 44.0 Å². The largest absolute Gasteiger partial charge is 0.417 e. The van der Waals surface area contributed by atoms with Crippen molar-refractivity contribution in [3.8, 4) is 11.3 Å². The molecule has 2 unspecified atom stereocenters. The molecule has 9 heteroatoms. The highest BCUT2D eigenvalue weighted by atomic mass is 19.4. The number of hydrogen-bond acceptors (Lipinski definition) is 6. The molecule has 29 heavy (non-hydrogen) atoms. The van der Waals surface area contributed by atoms with E-state index in [9.17, 15) is 13.2 Å². The van der Waals surface area contributed by atoms with Gasteiger partial charge in [0.05, 0.1) is 11.3 Å². The molecule has 4 rings (SSSR count). The fraction of sp³-hybridized carbons (Fsp3) is 0.400. The summed E-state index contributed by atoms with van der Waals surface area (Å²) in [7, 11) is 1.70. The summed E-state index contributed by atoms with van der Waals surface area (Å²) < 4.78 is 41.7. The Hall–Kier alpha value is -2.81. The zero-order chi connectivity index (χ0) is 20.9. The van der Waals surface area contributed by atoms with Gasteiger partial charge in [0, 0.05) is 36.4 Å². The predicted molar refractivity (Wildman–Crippen MR) is 107 cm³/mol. The molecule has 2 aliphatic rings. The van der Waals surface area contributed by atoms with Gasteiger partial charge in [-0.25, -0.2) is 4.98 Å². The minimum Gasteiger partial charge on any atom is -0.369 e. The van der Waals surface area contributed by atoms with Crippen LogP contribution in [0.2, 0.25) is 0 Å². The zero-order valence-corrected chi connectivity index (χ0v) is 16.2. The molecule has 1 fully saturated rings. The van der Waals surface area contributed by atoms with Gasteiger partial charge in [-0.3, -0.25) is 0 Å². The van der Waals surface area contributed by atoms with Gasteiger partial charge in [-0.1, -0.05) is 6.07 Å². The third-order valence-corrected chi connectivity index (χ3v) is 5.69. The van der Waals surface area contributed by atoms with Crippen LogP contribution >= 0.6 is 0 Å². The fourth-order valence-electron chi connectivity index (χ4n) is 4.03. The van der Waals surface area contributed by atoms with Crippen LogP contribution in [0.3, 0.4) is 0 Å². The Balaban J connectivity index is 1.92. The van der Waals surface area contributed by atoms with Crippen molar-refractivity contribution in [1.29, 1.82) is 0 Å². The summed E-state index contributed by atoms with van der Waals surface area (Å²) in [6.45, 7) is 2.73. The number of aliphatic imine (C=N–C) groups is 1. The number of nitrogens with two attached hydrogens (primary N) is 2. The summed E-state index contributed by atoms with van der Waals surface area (Å²) >= 11 is 0. The molecule has 0 amide bonds. The van der Waals surface area contributed by atoms with E-state index in [1.807, 2.05) is 11.8 Å². The minimum absolute atomic E-state index is 0.0674. The molecule has 0 bridgehead atoms. The van der Waals surface area contributed by atoms with Crippen molar-refractivity contribution in [3.63, 3.8) is 0 Å². The lowest BCUT2D eigenvalue weighted by Gasteiger charge is -2.31. The number of pyridine rings is 1. The van der Waals surface area contributed by atoms with Gasteiger partial charge in [-0.2, -0.15) is 18.2 Å². The third-order valence-electron chi connectivity index (χ3n) is 5.69. The molecular weight excluding hydrogens is 381 g/mol. The number of halogens is 3. The topological polar surface area (TPSA) is 83.8 Å². The second-order valence-electron chi connectivity index (χ2n) is 7.52. The normalized spacial score (nSPS) is 21.9. The first-order valence-electron chi connectivity index (χ1n) is 9.49. The molecule has 2 atom stereocenters. The molecule has 2 aromatic rings. The highest BCUT2D eigenvalue weighted by Gasteiger charge is 2.37. The second kappa shape index (κ2) is 6.91. The van der Waals surface area contributed by atoms with Gasteiger partial charge in [0.25, 0.3) is 0 Å². The summed E-state index contributed by atoms with van der Waals surface area (Å²) in [4.78, 5) is 12.3. The molecule has 0 saturated carbocycles. The van der Waals surface area contributed by atoms with Crippen molar-refractivity contribution < 1.29 is 13.2 Å². The third kappa shape index (κ3) is 3.29. The molecule has 6 nitrogen and oxygen atoms in total. The maximum atomic E-state index is 13.9. The van der Waals surface area contributed by atoms with E-state index in [1.54, 1.807) is 30.1 Å². The zero-order valence-electron chi connectivity index (χ0n) is 16.2. The van der Waals surface area contributed by atoms with Gasteiger partial charge < -0.3 is 21.3 Å². The van der Waals surface area contributed by atoms with E-state index < -0.39 is 17.9 Å². The number of aromatic nitrogens is 1. The Kier molecular flexibility index (Phi) is 4.65. The quantitative estimate of drug-likeness (QED) is 0.799. The van der Waals surface area contributed by atoms with E-state index in [0.29, 0.717) is 17.8 Å². The van der Waals surface area contributed by atoms with Crippen molar-refractivity contribution in [2.24, 2.45) is 16.5 Å². The molecule has 0 spiro atoms. The molecule has 3 heterocycles. The van der Waals surface area contributed by atoms with Gasteiger partial charge in [-0.15, -0.1) is 0 Å². The van der Waals surface area contributed by atoms with E-state index in [-0.39, 0.29) is 29.1 Å². The number of fused-ring (bicyclic) bond motifs is 1. The lowest BCUT2D eigenvalue weighted by molar-refractivity contribution is -0.137. The summed E-state index contributed by atoms with van der Waals surface area (Å²) in [5.41, 5.74) is 12.8. The van der Waals surface area contributed by atoms with Crippen molar-refractivity contribution in [2.45, 2.75) is 38.1 Å². The molecule has 1 saturated heterocycles. The van der Waals surface area contributed by atoms with Crippen LogP contribution in [-0.2, 0) is 6.18 Å². The lowest BCUT2D eigenvalue weighted by atomic mass is 9.98. The molecule has 0 radical (unpaired) electrons. The molecule has 4 N–H and O–H groups in total. The second-order valence-corrected chi connectivity index (χ2v) is 7.52. The van der Waals surface area contributed by atoms with Crippen LogP contribution in [0.4, 0.5) is 24.7 Å². The van der Waals surface area contributed by atoms with Crippen LogP contribution < -0.4 is 16.4 Å². The predicted octanol–water partition coefficient (Wildman–Crippen LogP) is 3.61. The smallest absolute Gasteiger partial charge is 0.369 e. The SMILES string of the molecule is CC1CCCN1c1cccc(C(F)(F)F)c1-c1ccc2c(n1)N=C(N)N(C)C2N. The van der Waals surface area contributed by atoms with Crippen molar-refractivity contribution in [3.05, 3.63) is 41.5 Å². The Morgan fingerprint density at radius 3 is 2.59 bits per heavy atom. The van der Waals surface area contributed by atoms with Gasteiger partial charge in [0.2, 0.25) is 0 Å². The number of anilines is 1. The maximum Gasteiger partial charge on any atom is 0.417 e. The standard InChI is InChI=1S/C20H23F3N6/c1-11-5-4-10-29(11)15-7-3-6-13(20(21,22)23)16(15)14-9-8-12-17(24)28(2)19(25)27-18(12)26-14/h3,6-9,11,17H,4-5,10,24H2,1-2H3,(H2,25,26,27). The van der Waals surface area contributed by atoms with Gasteiger partial charge in [0.1, 0.15) is 6.17 Å². The molecule has 1 aromatic carbocycles. The van der Waals surface area contributed by atoms with E-state index in [1.165, 1.54) is 6.07 Å². The van der Waals surface area contributed by atoms with Crippen LogP contribution in [0.15, 0.2) is 35.3 Å². The van der Waals surface area contributed by atoms with Crippen LogP contribution in [-0.4, -0.2) is 35.5 Å². The van der Waals surface area contributed by atoms with Crippen molar-refractivity contribution in [2.75, 3.05) is 18.5 Å². The fourth-order valence-corrected chi connectivity index (χ4v) is 4.03. The summed E-state index contributed by atoms with van der Waals surface area (Å²) in [6, 6.07) is 7.69. The Morgan fingerprint density at radius 2 is 1.93 bits per heavy atom. The maximum absolute atomic E-state index is 13.9.